The van der Waals surface area contributed by atoms with Gasteiger partial charge in [0.1, 0.15) is 11.2 Å². The molecule has 4 rings (SSSR count). The highest BCUT2D eigenvalue weighted by Gasteiger charge is 2.31. The predicted octanol–water partition coefficient (Wildman–Crippen LogP) is 3.98. The Labute approximate surface area is 155 Å². The molecule has 0 radical (unpaired) electrons. The molecule has 7 heteroatoms. The van der Waals surface area contributed by atoms with Crippen LogP contribution in [0.4, 0.5) is 10.7 Å². The summed E-state index contributed by atoms with van der Waals surface area (Å²) in [5.41, 5.74) is 2.53. The van der Waals surface area contributed by atoms with E-state index in [1.165, 1.54) is 16.5 Å². The number of nitrogens with one attached hydrogen (secondary N) is 2. The van der Waals surface area contributed by atoms with Crippen LogP contribution in [-0.4, -0.2) is 17.0 Å². The van der Waals surface area contributed by atoms with Crippen LogP contribution in [0.2, 0.25) is 0 Å². The number of para-hydroxylation sites is 1. The number of hydrogen-bond donors (Lipinski definition) is 2. The number of fused-ring (bicyclic) bond motifs is 3. The van der Waals surface area contributed by atoms with E-state index in [1.807, 2.05) is 0 Å². The zero-order chi connectivity index (χ0) is 18.3. The summed E-state index contributed by atoms with van der Waals surface area (Å²) in [5.74, 6) is 0.586. The predicted molar refractivity (Wildman–Crippen MR) is 103 cm³/mol. The molecule has 2 unspecified atom stereocenters. The molecule has 1 aliphatic carbocycles. The van der Waals surface area contributed by atoms with Gasteiger partial charge in [0.2, 0.25) is 0 Å². The third-order valence-electron chi connectivity index (χ3n) is 4.91. The van der Waals surface area contributed by atoms with Crippen molar-refractivity contribution in [2.45, 2.75) is 32.4 Å². The van der Waals surface area contributed by atoms with Gasteiger partial charge < -0.3 is 10.6 Å². The van der Waals surface area contributed by atoms with Crippen LogP contribution in [0.3, 0.4) is 0 Å². The Morgan fingerprint density at radius 2 is 2.12 bits per heavy atom. The maximum Gasteiger partial charge on any atom is 0.276 e. The van der Waals surface area contributed by atoms with Crippen molar-refractivity contribution in [3.05, 3.63) is 62.0 Å². The third kappa shape index (κ3) is 2.99. The van der Waals surface area contributed by atoms with Crippen LogP contribution in [-0.2, 0) is 12.8 Å². The number of nitro groups is 1. The fourth-order valence-corrected chi connectivity index (χ4v) is 5.02. The van der Waals surface area contributed by atoms with E-state index in [4.69, 9.17) is 0 Å². The Balaban J connectivity index is 1.59. The molecule has 2 heterocycles. The molecule has 0 fully saturated rings. The highest BCUT2D eigenvalue weighted by atomic mass is 32.1. The molecule has 0 saturated carbocycles. The summed E-state index contributed by atoms with van der Waals surface area (Å²) in [5, 5.41) is 18.3. The maximum atomic E-state index is 12.6. The molecule has 2 aliphatic rings. The minimum absolute atomic E-state index is 0.0483. The maximum absolute atomic E-state index is 12.6. The van der Waals surface area contributed by atoms with E-state index >= 15 is 0 Å². The Hall–Kier alpha value is -2.67. The van der Waals surface area contributed by atoms with Gasteiger partial charge in [-0.2, -0.15) is 0 Å². The van der Waals surface area contributed by atoms with E-state index in [1.54, 1.807) is 41.7 Å². The molecule has 1 aromatic carbocycles. The number of rotatable bonds is 3. The van der Waals surface area contributed by atoms with Crippen LogP contribution >= 0.6 is 11.3 Å². The topological polar surface area (TPSA) is 84.3 Å². The van der Waals surface area contributed by atoms with Crippen molar-refractivity contribution in [1.29, 1.82) is 0 Å². The molecule has 1 amide bonds. The van der Waals surface area contributed by atoms with Crippen LogP contribution in [0.25, 0.3) is 6.08 Å². The number of anilines is 1. The lowest BCUT2D eigenvalue weighted by molar-refractivity contribution is -0.385. The van der Waals surface area contributed by atoms with E-state index in [2.05, 4.69) is 17.6 Å². The number of nitrogens with zero attached hydrogens (tertiary/aromatic N) is 1. The van der Waals surface area contributed by atoms with E-state index < -0.39 is 4.92 Å². The van der Waals surface area contributed by atoms with Gasteiger partial charge in [0.05, 0.1) is 16.1 Å². The molecule has 1 aliphatic heterocycles. The molecule has 26 heavy (non-hydrogen) atoms. The van der Waals surface area contributed by atoms with Crippen molar-refractivity contribution in [3.63, 3.8) is 0 Å². The summed E-state index contributed by atoms with van der Waals surface area (Å²) in [7, 11) is 0. The normalized spacial score (nSPS) is 21.7. The first kappa shape index (κ1) is 16.8. The molecule has 0 bridgehead atoms. The van der Waals surface area contributed by atoms with Crippen LogP contribution in [0.1, 0.15) is 39.7 Å². The van der Waals surface area contributed by atoms with Gasteiger partial charge in [-0.25, -0.2) is 0 Å². The highest BCUT2D eigenvalue weighted by Crippen LogP contribution is 2.41. The first-order valence-electron chi connectivity index (χ1n) is 8.66. The number of benzene rings is 1. The van der Waals surface area contributed by atoms with Crippen LogP contribution in [0, 0.1) is 16.0 Å². The Kier molecular flexibility index (Phi) is 4.24. The van der Waals surface area contributed by atoms with Crippen molar-refractivity contribution in [1.82, 2.24) is 5.32 Å². The number of carbonyl (C=O) groups is 1. The zero-order valence-electron chi connectivity index (χ0n) is 14.3. The smallest absolute Gasteiger partial charge is 0.276 e. The average Bonchev–Trinajstić information content (AvgIpc) is 2.97. The van der Waals surface area contributed by atoms with E-state index in [9.17, 15) is 14.9 Å². The molecule has 2 N–H and O–H groups in total. The van der Waals surface area contributed by atoms with Gasteiger partial charge in [0.25, 0.3) is 11.6 Å². The monoisotopic (exact) mass is 369 g/mol. The average molecular weight is 369 g/mol. The minimum Gasteiger partial charge on any atom is -0.353 e. The third-order valence-corrected chi connectivity index (χ3v) is 6.10. The van der Waals surface area contributed by atoms with Crippen LogP contribution in [0.15, 0.2) is 30.3 Å². The van der Waals surface area contributed by atoms with E-state index in [0.717, 1.165) is 29.8 Å². The van der Waals surface area contributed by atoms with Gasteiger partial charge in [-0.05, 0) is 49.0 Å². The van der Waals surface area contributed by atoms with Gasteiger partial charge in [0, 0.05) is 10.9 Å². The second-order valence-corrected chi connectivity index (χ2v) is 7.93. The highest BCUT2D eigenvalue weighted by molar-refractivity contribution is 7.16. The van der Waals surface area contributed by atoms with Crippen LogP contribution in [0.5, 0.6) is 0 Å². The number of carbonyl (C=O) groups excluding carboxylic acids is 1. The van der Waals surface area contributed by atoms with Crippen molar-refractivity contribution in [3.8, 4) is 0 Å². The SMILES string of the molecule is CC1CCc2c(sc3c2C(=O)NC(/C=C/c2ccccc2[N+](=O)[O-])N3)C1. The number of hydrogen-bond acceptors (Lipinski definition) is 5. The first-order valence-corrected chi connectivity index (χ1v) is 9.48. The summed E-state index contributed by atoms with van der Waals surface area (Å²) in [4.78, 5) is 24.6. The molecular weight excluding hydrogens is 350 g/mol. The Bertz CT molecular complexity index is 919. The Morgan fingerprint density at radius 3 is 2.92 bits per heavy atom. The summed E-state index contributed by atoms with van der Waals surface area (Å²) in [6.07, 6.45) is 6.14. The summed E-state index contributed by atoms with van der Waals surface area (Å²) < 4.78 is 0. The fraction of sp³-hybridized carbons (Fsp3) is 0.316. The lowest BCUT2D eigenvalue weighted by atomic mass is 9.88. The largest absolute Gasteiger partial charge is 0.353 e. The van der Waals surface area contributed by atoms with Gasteiger partial charge in [-0.3, -0.25) is 14.9 Å². The minimum atomic E-state index is -0.404. The molecule has 1 aromatic heterocycles. The molecule has 0 saturated heterocycles. The molecule has 0 spiro atoms. The lowest BCUT2D eigenvalue weighted by Crippen LogP contribution is -2.43. The summed E-state index contributed by atoms with van der Waals surface area (Å²) >= 11 is 1.66. The van der Waals surface area contributed by atoms with E-state index in [0.29, 0.717) is 11.5 Å². The van der Waals surface area contributed by atoms with Crippen molar-refractivity contribution in [2.24, 2.45) is 5.92 Å². The van der Waals surface area contributed by atoms with Crippen molar-refractivity contribution in [2.75, 3.05) is 5.32 Å². The van der Waals surface area contributed by atoms with Gasteiger partial charge >= 0.3 is 0 Å². The second kappa shape index (κ2) is 6.57. The molecular formula is C19H19N3O3S. The summed E-state index contributed by atoms with van der Waals surface area (Å²) in [6.45, 7) is 2.24. The first-order chi connectivity index (χ1) is 12.5. The standard InChI is InChI=1S/C19H19N3O3S/c1-11-6-8-13-15(10-11)26-19-17(13)18(23)20-16(21-19)9-7-12-4-2-3-5-14(12)22(24)25/h2-5,7,9,11,16,21H,6,8,10H2,1H3,(H,20,23)/b9-7+. The van der Waals surface area contributed by atoms with Gasteiger partial charge in [0.15, 0.2) is 0 Å². The number of amides is 1. The summed E-state index contributed by atoms with van der Waals surface area (Å²) in [6, 6.07) is 6.56. The second-order valence-electron chi connectivity index (χ2n) is 6.83. The van der Waals surface area contributed by atoms with Crippen molar-refractivity contribution < 1.29 is 9.72 Å². The molecule has 2 atom stereocenters. The van der Waals surface area contributed by atoms with E-state index in [-0.39, 0.29) is 17.8 Å². The molecule has 2 aromatic rings. The number of thiophene rings is 1. The number of nitro benzene ring substituents is 1. The van der Waals surface area contributed by atoms with Gasteiger partial charge in [-0.1, -0.05) is 19.1 Å². The van der Waals surface area contributed by atoms with Crippen molar-refractivity contribution >= 4 is 34.0 Å². The fourth-order valence-electron chi connectivity index (χ4n) is 3.57. The molecule has 134 valence electrons. The zero-order valence-corrected chi connectivity index (χ0v) is 15.1. The van der Waals surface area contributed by atoms with Gasteiger partial charge in [-0.15, -0.1) is 11.3 Å². The quantitative estimate of drug-likeness (QED) is 0.633. The lowest BCUT2D eigenvalue weighted by Gasteiger charge is -2.24. The Morgan fingerprint density at radius 1 is 1.31 bits per heavy atom. The van der Waals surface area contributed by atoms with Crippen LogP contribution < -0.4 is 10.6 Å². The molecule has 6 nitrogen and oxygen atoms in total.